The third kappa shape index (κ3) is 2.90. The minimum absolute atomic E-state index is 0. The number of likely N-dealkylation sites (tertiary alicyclic amines) is 1. The fourth-order valence-corrected chi connectivity index (χ4v) is 1.65. The molecule has 1 fully saturated rings. The van der Waals surface area contributed by atoms with Crippen molar-refractivity contribution in [2.75, 3.05) is 13.1 Å². The van der Waals surface area contributed by atoms with Crippen molar-refractivity contribution in [3.8, 4) is 0 Å². The summed E-state index contributed by atoms with van der Waals surface area (Å²) in [6.07, 6.45) is 6.33. The second-order valence-corrected chi connectivity index (χ2v) is 3.48. The van der Waals surface area contributed by atoms with Gasteiger partial charge in [-0.25, -0.2) is 0 Å². The quantitative estimate of drug-likeness (QED) is 0.776. The molecule has 1 saturated heterocycles. The maximum absolute atomic E-state index is 5.80. The molecule has 1 aromatic rings. The number of nitrogens with two attached hydrogens (primary N) is 1. The van der Waals surface area contributed by atoms with Crippen LogP contribution in [0.3, 0.4) is 0 Å². The largest absolute Gasteiger partial charge is 0.326 e. The molecule has 1 aromatic heterocycles. The Morgan fingerprint density at radius 2 is 2.36 bits per heavy atom. The summed E-state index contributed by atoms with van der Waals surface area (Å²) in [7, 11) is 0. The summed E-state index contributed by atoms with van der Waals surface area (Å²) in [5.41, 5.74) is 6.83. The maximum Gasteiger partial charge on any atom is 0.0726 e. The molecule has 2 rings (SSSR count). The summed E-state index contributed by atoms with van der Waals surface area (Å²) >= 11 is 0. The van der Waals surface area contributed by atoms with Crippen LogP contribution in [0.15, 0.2) is 18.6 Å². The first-order valence-electron chi connectivity index (χ1n) is 4.57. The second-order valence-electron chi connectivity index (χ2n) is 3.48. The van der Waals surface area contributed by atoms with Crippen molar-refractivity contribution in [3.05, 3.63) is 24.3 Å². The summed E-state index contributed by atoms with van der Waals surface area (Å²) in [5.74, 6) is 0. The summed E-state index contributed by atoms with van der Waals surface area (Å²) in [5, 5.41) is 0. The van der Waals surface area contributed by atoms with Gasteiger partial charge in [0.2, 0.25) is 0 Å². The molecule has 0 unspecified atom stereocenters. The highest BCUT2D eigenvalue weighted by molar-refractivity contribution is 5.85. The maximum atomic E-state index is 5.80. The molecule has 1 aliphatic rings. The zero-order valence-electron chi connectivity index (χ0n) is 7.97. The third-order valence-electron chi connectivity index (χ3n) is 2.31. The Kier molecular flexibility index (Phi) is 4.25. The minimum Gasteiger partial charge on any atom is -0.326 e. The number of halogens is 1. The van der Waals surface area contributed by atoms with Gasteiger partial charge in [-0.05, 0) is 6.42 Å². The molecule has 0 bridgehead atoms. The van der Waals surface area contributed by atoms with Crippen molar-refractivity contribution in [2.45, 2.75) is 19.0 Å². The highest BCUT2D eigenvalue weighted by Crippen LogP contribution is 2.09. The smallest absolute Gasteiger partial charge is 0.0726 e. The van der Waals surface area contributed by atoms with Crippen LogP contribution in [0, 0.1) is 0 Å². The number of rotatable bonds is 2. The van der Waals surface area contributed by atoms with Gasteiger partial charge in [0.05, 0.1) is 5.69 Å². The highest BCUT2D eigenvalue weighted by atomic mass is 35.5. The monoisotopic (exact) mass is 214 g/mol. The van der Waals surface area contributed by atoms with Crippen molar-refractivity contribution >= 4 is 12.4 Å². The molecule has 0 aromatic carbocycles. The Labute approximate surface area is 89.9 Å². The molecule has 0 amide bonds. The van der Waals surface area contributed by atoms with E-state index in [0.717, 1.165) is 31.7 Å². The Hall–Kier alpha value is -0.710. The number of hydrogen-bond acceptors (Lipinski definition) is 4. The van der Waals surface area contributed by atoms with Gasteiger partial charge in [-0.2, -0.15) is 0 Å². The Balaban J connectivity index is 0.000000980. The molecule has 0 aliphatic carbocycles. The van der Waals surface area contributed by atoms with Crippen molar-refractivity contribution in [3.63, 3.8) is 0 Å². The average Bonchev–Trinajstić information content (AvgIpc) is 2.53. The lowest BCUT2D eigenvalue weighted by Gasteiger charge is -2.13. The van der Waals surface area contributed by atoms with Crippen LogP contribution in [0.1, 0.15) is 12.1 Å². The van der Waals surface area contributed by atoms with Gasteiger partial charge in [-0.15, -0.1) is 12.4 Å². The summed E-state index contributed by atoms with van der Waals surface area (Å²) in [6.45, 7) is 2.94. The van der Waals surface area contributed by atoms with E-state index >= 15 is 0 Å². The fourth-order valence-electron chi connectivity index (χ4n) is 1.65. The predicted molar refractivity (Wildman–Crippen MR) is 57.1 cm³/mol. The Morgan fingerprint density at radius 1 is 1.50 bits per heavy atom. The first-order chi connectivity index (χ1) is 6.34. The SMILES string of the molecule is Cl.N[C@@H]1CCN(Cc2cnccn2)C1. The number of nitrogens with zero attached hydrogens (tertiary/aromatic N) is 3. The van der Waals surface area contributed by atoms with E-state index < -0.39 is 0 Å². The zero-order chi connectivity index (χ0) is 9.10. The van der Waals surface area contributed by atoms with Crippen LogP contribution in [0.5, 0.6) is 0 Å². The topological polar surface area (TPSA) is 55.0 Å². The first-order valence-corrected chi connectivity index (χ1v) is 4.57. The van der Waals surface area contributed by atoms with Crippen molar-refractivity contribution in [1.82, 2.24) is 14.9 Å². The van der Waals surface area contributed by atoms with Gasteiger partial charge in [0, 0.05) is 44.3 Å². The van der Waals surface area contributed by atoms with Gasteiger partial charge in [-0.3, -0.25) is 14.9 Å². The molecule has 78 valence electrons. The molecule has 2 heterocycles. The molecule has 14 heavy (non-hydrogen) atoms. The standard InChI is InChI=1S/C9H14N4.ClH/c10-8-1-4-13(6-8)7-9-5-11-2-3-12-9;/h2-3,5,8H,1,4,6-7,10H2;1H/t8-;/m1./s1. The molecule has 2 N–H and O–H groups in total. The van der Waals surface area contributed by atoms with Crippen molar-refractivity contribution in [1.29, 1.82) is 0 Å². The minimum atomic E-state index is 0. The molecule has 0 spiro atoms. The van der Waals surface area contributed by atoms with E-state index in [1.165, 1.54) is 0 Å². The lowest BCUT2D eigenvalue weighted by atomic mass is 10.3. The van der Waals surface area contributed by atoms with E-state index in [1.807, 2.05) is 6.20 Å². The predicted octanol–water partition coefficient (Wildman–Crippen LogP) is 0.431. The van der Waals surface area contributed by atoms with Crippen molar-refractivity contribution in [2.24, 2.45) is 5.73 Å². The molecular weight excluding hydrogens is 200 g/mol. The van der Waals surface area contributed by atoms with Crippen LogP contribution in [0.2, 0.25) is 0 Å². The summed E-state index contributed by atoms with van der Waals surface area (Å²) < 4.78 is 0. The lowest BCUT2D eigenvalue weighted by Crippen LogP contribution is -2.26. The van der Waals surface area contributed by atoms with Crippen LogP contribution in [-0.2, 0) is 6.54 Å². The summed E-state index contributed by atoms with van der Waals surface area (Å²) in [4.78, 5) is 10.6. The lowest BCUT2D eigenvalue weighted by molar-refractivity contribution is 0.322. The number of aromatic nitrogens is 2. The van der Waals surface area contributed by atoms with Crippen LogP contribution < -0.4 is 5.73 Å². The third-order valence-corrected chi connectivity index (χ3v) is 2.31. The van der Waals surface area contributed by atoms with Gasteiger partial charge in [0.1, 0.15) is 0 Å². The van der Waals surface area contributed by atoms with Gasteiger partial charge in [0.25, 0.3) is 0 Å². The van der Waals surface area contributed by atoms with Crippen LogP contribution >= 0.6 is 12.4 Å². The molecule has 5 heteroatoms. The molecule has 4 nitrogen and oxygen atoms in total. The van der Waals surface area contributed by atoms with Gasteiger partial charge in [0.15, 0.2) is 0 Å². The Morgan fingerprint density at radius 3 is 2.93 bits per heavy atom. The summed E-state index contributed by atoms with van der Waals surface area (Å²) in [6, 6.07) is 0.344. The molecule has 0 saturated carbocycles. The first kappa shape index (κ1) is 11.4. The van der Waals surface area contributed by atoms with Gasteiger partial charge in [-0.1, -0.05) is 0 Å². The Bertz CT molecular complexity index is 267. The van der Waals surface area contributed by atoms with Gasteiger partial charge >= 0.3 is 0 Å². The normalized spacial score (nSPS) is 21.9. The molecular formula is C9H15ClN4. The van der Waals surface area contributed by atoms with Crippen LogP contribution in [0.4, 0.5) is 0 Å². The van der Waals surface area contributed by atoms with Gasteiger partial charge < -0.3 is 5.73 Å². The number of hydrogen-bond donors (Lipinski definition) is 1. The van der Waals surface area contributed by atoms with E-state index in [4.69, 9.17) is 5.73 Å². The molecule has 0 radical (unpaired) electrons. The second kappa shape index (κ2) is 5.24. The highest BCUT2D eigenvalue weighted by Gasteiger charge is 2.18. The zero-order valence-corrected chi connectivity index (χ0v) is 8.78. The fraction of sp³-hybridized carbons (Fsp3) is 0.556. The van der Waals surface area contributed by atoms with Crippen LogP contribution in [0.25, 0.3) is 0 Å². The molecule has 1 atom stereocenters. The van der Waals surface area contributed by atoms with E-state index in [9.17, 15) is 0 Å². The van der Waals surface area contributed by atoms with Crippen molar-refractivity contribution < 1.29 is 0 Å². The van der Waals surface area contributed by atoms with E-state index in [0.29, 0.717) is 6.04 Å². The van der Waals surface area contributed by atoms with E-state index in [1.54, 1.807) is 12.4 Å². The van der Waals surface area contributed by atoms with E-state index in [-0.39, 0.29) is 12.4 Å². The average molecular weight is 215 g/mol. The molecule has 1 aliphatic heterocycles. The van der Waals surface area contributed by atoms with E-state index in [2.05, 4.69) is 14.9 Å². The van der Waals surface area contributed by atoms with Crippen LogP contribution in [-0.4, -0.2) is 34.0 Å².